The minimum absolute atomic E-state index is 0.0853. The zero-order chi connectivity index (χ0) is 15.4. The number of nitrogens with zero attached hydrogens (tertiary/aromatic N) is 1. The van der Waals surface area contributed by atoms with Gasteiger partial charge in [0.25, 0.3) is 5.69 Å². The first-order valence-electron chi connectivity index (χ1n) is 6.22. The van der Waals surface area contributed by atoms with Crippen LogP contribution >= 0.6 is 27.5 Å². The van der Waals surface area contributed by atoms with Crippen LogP contribution in [0.15, 0.2) is 46.9 Å². The summed E-state index contributed by atoms with van der Waals surface area (Å²) >= 11 is 9.89. The molecule has 0 saturated heterocycles. The standard InChI is InChI=1S/C15H13BrClNO3/c1-21-11-6-7-13(16)12(9-11)14(17)8-10-4-2-3-5-15(10)18(19)20/h2-7,9,14H,8H2,1H3. The van der Waals surface area contributed by atoms with E-state index < -0.39 is 5.38 Å². The van der Waals surface area contributed by atoms with Crippen molar-refractivity contribution in [3.63, 3.8) is 0 Å². The van der Waals surface area contributed by atoms with Gasteiger partial charge in [-0.3, -0.25) is 10.1 Å². The summed E-state index contributed by atoms with van der Waals surface area (Å²) in [6.07, 6.45) is 0.366. The molecule has 0 saturated carbocycles. The van der Waals surface area contributed by atoms with Crippen LogP contribution in [-0.2, 0) is 6.42 Å². The number of hydrogen-bond donors (Lipinski definition) is 0. The van der Waals surface area contributed by atoms with Gasteiger partial charge in [0, 0.05) is 16.1 Å². The zero-order valence-corrected chi connectivity index (χ0v) is 13.6. The van der Waals surface area contributed by atoms with Crippen LogP contribution in [0.1, 0.15) is 16.5 Å². The van der Waals surface area contributed by atoms with Gasteiger partial charge in [-0.1, -0.05) is 34.1 Å². The molecule has 0 aliphatic heterocycles. The molecule has 2 aromatic rings. The van der Waals surface area contributed by atoms with Crippen LogP contribution in [0.5, 0.6) is 5.75 Å². The molecule has 0 spiro atoms. The fourth-order valence-electron chi connectivity index (χ4n) is 2.05. The molecular formula is C15H13BrClNO3. The monoisotopic (exact) mass is 369 g/mol. The van der Waals surface area contributed by atoms with Gasteiger partial charge in [0.05, 0.1) is 17.4 Å². The molecule has 0 aliphatic rings. The molecular weight excluding hydrogens is 358 g/mol. The molecule has 4 nitrogen and oxygen atoms in total. The lowest BCUT2D eigenvalue weighted by atomic mass is 10.0. The topological polar surface area (TPSA) is 52.4 Å². The fourth-order valence-corrected chi connectivity index (χ4v) is 3.05. The molecule has 0 bridgehead atoms. The number of rotatable bonds is 5. The first kappa shape index (κ1) is 15.8. The van der Waals surface area contributed by atoms with Gasteiger partial charge in [-0.2, -0.15) is 0 Å². The molecule has 0 N–H and O–H groups in total. The lowest BCUT2D eigenvalue weighted by Gasteiger charge is -2.13. The van der Waals surface area contributed by atoms with Crippen LogP contribution in [-0.4, -0.2) is 12.0 Å². The minimum atomic E-state index is -0.393. The number of benzene rings is 2. The van der Waals surface area contributed by atoms with Crippen molar-refractivity contribution >= 4 is 33.2 Å². The smallest absolute Gasteiger partial charge is 0.272 e. The Bertz CT molecular complexity index is 663. The number of alkyl halides is 1. The quantitative estimate of drug-likeness (QED) is 0.428. The summed E-state index contributed by atoms with van der Waals surface area (Å²) < 4.78 is 6.03. The average molecular weight is 371 g/mol. The lowest BCUT2D eigenvalue weighted by molar-refractivity contribution is -0.385. The molecule has 0 fully saturated rings. The van der Waals surface area contributed by atoms with E-state index in [0.29, 0.717) is 17.7 Å². The Labute approximate surface area is 136 Å². The van der Waals surface area contributed by atoms with Gasteiger partial charge >= 0.3 is 0 Å². The molecule has 21 heavy (non-hydrogen) atoms. The molecule has 0 aromatic heterocycles. The summed E-state index contributed by atoms with van der Waals surface area (Å²) in [7, 11) is 1.58. The molecule has 1 unspecified atom stereocenters. The van der Waals surface area contributed by atoms with Gasteiger partial charge in [0.15, 0.2) is 0 Å². The average Bonchev–Trinajstić information content (AvgIpc) is 2.48. The van der Waals surface area contributed by atoms with Crippen molar-refractivity contribution in [3.8, 4) is 5.75 Å². The van der Waals surface area contributed by atoms with Crippen molar-refractivity contribution in [2.45, 2.75) is 11.8 Å². The number of nitro groups is 1. The highest BCUT2D eigenvalue weighted by Gasteiger charge is 2.19. The van der Waals surface area contributed by atoms with Gasteiger partial charge in [-0.25, -0.2) is 0 Å². The van der Waals surface area contributed by atoms with E-state index in [1.54, 1.807) is 25.3 Å². The SMILES string of the molecule is COc1ccc(Br)c(C(Cl)Cc2ccccc2[N+](=O)[O-])c1. The van der Waals surface area contributed by atoms with Crippen molar-refractivity contribution in [3.05, 3.63) is 68.2 Å². The Morgan fingerprint density at radius 2 is 2.05 bits per heavy atom. The molecule has 0 amide bonds. The number of nitro benzene ring substituents is 1. The highest BCUT2D eigenvalue weighted by atomic mass is 79.9. The summed E-state index contributed by atoms with van der Waals surface area (Å²) in [5.74, 6) is 0.696. The van der Waals surface area contributed by atoms with Crippen molar-refractivity contribution < 1.29 is 9.66 Å². The van der Waals surface area contributed by atoms with Crippen LogP contribution < -0.4 is 4.74 Å². The van der Waals surface area contributed by atoms with Crippen molar-refractivity contribution in [2.24, 2.45) is 0 Å². The fraction of sp³-hybridized carbons (Fsp3) is 0.200. The van der Waals surface area contributed by atoms with Gasteiger partial charge in [0.1, 0.15) is 5.75 Å². The predicted molar refractivity (Wildman–Crippen MR) is 86.1 cm³/mol. The van der Waals surface area contributed by atoms with Crippen LogP contribution in [0.3, 0.4) is 0 Å². The maximum Gasteiger partial charge on any atom is 0.272 e. The normalized spacial score (nSPS) is 12.0. The number of ether oxygens (including phenoxy) is 1. The molecule has 0 radical (unpaired) electrons. The molecule has 0 aliphatic carbocycles. The highest BCUT2D eigenvalue weighted by molar-refractivity contribution is 9.10. The second-order valence-electron chi connectivity index (χ2n) is 4.44. The summed E-state index contributed by atoms with van der Waals surface area (Å²) in [4.78, 5) is 10.7. The minimum Gasteiger partial charge on any atom is -0.497 e. The summed E-state index contributed by atoms with van der Waals surface area (Å²) in [6.45, 7) is 0. The van der Waals surface area contributed by atoms with E-state index >= 15 is 0 Å². The second kappa shape index (κ2) is 6.91. The third-order valence-electron chi connectivity index (χ3n) is 3.13. The van der Waals surface area contributed by atoms with E-state index in [4.69, 9.17) is 16.3 Å². The third kappa shape index (κ3) is 3.74. The predicted octanol–water partition coefficient (Wildman–Crippen LogP) is 4.89. The number of hydrogen-bond acceptors (Lipinski definition) is 3. The number of para-hydroxylation sites is 1. The first-order valence-corrected chi connectivity index (χ1v) is 7.45. The maximum atomic E-state index is 11.0. The van der Waals surface area contributed by atoms with Crippen LogP contribution in [0.25, 0.3) is 0 Å². The molecule has 1 atom stereocenters. The molecule has 110 valence electrons. The summed E-state index contributed by atoms with van der Waals surface area (Å²) in [5, 5.41) is 10.6. The van der Waals surface area contributed by atoms with E-state index in [2.05, 4.69) is 15.9 Å². The lowest BCUT2D eigenvalue weighted by Crippen LogP contribution is -2.01. The number of methoxy groups -OCH3 is 1. The Kier molecular flexibility index (Phi) is 5.20. The molecule has 2 aromatic carbocycles. The highest BCUT2D eigenvalue weighted by Crippen LogP contribution is 2.35. The van der Waals surface area contributed by atoms with E-state index in [1.165, 1.54) is 6.07 Å². The second-order valence-corrected chi connectivity index (χ2v) is 5.83. The Morgan fingerprint density at radius 1 is 1.33 bits per heavy atom. The molecule has 0 heterocycles. The zero-order valence-electron chi connectivity index (χ0n) is 11.3. The van der Waals surface area contributed by atoms with Crippen molar-refractivity contribution in [1.29, 1.82) is 0 Å². The van der Waals surface area contributed by atoms with Crippen molar-refractivity contribution in [1.82, 2.24) is 0 Å². The number of halogens is 2. The van der Waals surface area contributed by atoms with Gasteiger partial charge < -0.3 is 4.74 Å². The van der Waals surface area contributed by atoms with Crippen molar-refractivity contribution in [2.75, 3.05) is 7.11 Å². The first-order chi connectivity index (χ1) is 10.0. The Hall–Kier alpha value is -1.59. The van der Waals surface area contributed by atoms with E-state index in [0.717, 1.165) is 10.0 Å². The van der Waals surface area contributed by atoms with E-state index in [-0.39, 0.29) is 10.6 Å². The summed E-state index contributed by atoms with van der Waals surface area (Å²) in [6, 6.07) is 12.1. The maximum absolute atomic E-state index is 11.0. The summed E-state index contributed by atoms with van der Waals surface area (Å²) in [5.41, 5.74) is 1.54. The van der Waals surface area contributed by atoms with Crippen LogP contribution in [0.2, 0.25) is 0 Å². The van der Waals surface area contributed by atoms with E-state index in [1.807, 2.05) is 18.2 Å². The van der Waals surface area contributed by atoms with E-state index in [9.17, 15) is 10.1 Å². The largest absolute Gasteiger partial charge is 0.497 e. The molecule has 2 rings (SSSR count). The van der Waals surface area contributed by atoms with Crippen LogP contribution in [0.4, 0.5) is 5.69 Å². The van der Waals surface area contributed by atoms with Gasteiger partial charge in [-0.05, 0) is 30.2 Å². The van der Waals surface area contributed by atoms with Gasteiger partial charge in [-0.15, -0.1) is 11.6 Å². The van der Waals surface area contributed by atoms with Gasteiger partial charge in [0.2, 0.25) is 0 Å². The Morgan fingerprint density at radius 3 is 2.71 bits per heavy atom. The molecule has 6 heteroatoms. The third-order valence-corrected chi connectivity index (χ3v) is 4.24. The van der Waals surface area contributed by atoms with Crippen LogP contribution in [0, 0.1) is 10.1 Å². The Balaban J connectivity index is 2.30.